The summed E-state index contributed by atoms with van der Waals surface area (Å²) in [5.41, 5.74) is 1.58. The third kappa shape index (κ3) is 2.82. The average molecular weight is 377 g/mol. The first kappa shape index (κ1) is 17.7. The number of nitrogens with zero attached hydrogens (tertiary/aromatic N) is 1. The van der Waals surface area contributed by atoms with Gasteiger partial charge in [0.25, 0.3) is 0 Å². The molecule has 2 fully saturated rings. The molecule has 1 saturated heterocycles. The van der Waals surface area contributed by atoms with Crippen molar-refractivity contribution in [2.75, 3.05) is 6.61 Å². The van der Waals surface area contributed by atoms with E-state index < -0.39 is 11.8 Å². The minimum atomic E-state index is -0.651. The van der Waals surface area contributed by atoms with Gasteiger partial charge in [-0.05, 0) is 37.8 Å². The number of hydrogen-bond acceptors (Lipinski definition) is 3. The molecule has 0 radical (unpaired) electrons. The molecule has 1 unspecified atom stereocenters. The highest BCUT2D eigenvalue weighted by Gasteiger charge is 2.45. The fourth-order valence-corrected chi connectivity index (χ4v) is 5.07. The third-order valence-corrected chi connectivity index (χ3v) is 6.45. The number of para-hydroxylation sites is 2. The highest BCUT2D eigenvalue weighted by molar-refractivity contribution is 6.09. The summed E-state index contributed by atoms with van der Waals surface area (Å²) in [6.45, 7) is 0.681. The molecule has 28 heavy (non-hydrogen) atoms. The van der Waals surface area contributed by atoms with Gasteiger partial charge in [-0.1, -0.05) is 55.7 Å². The van der Waals surface area contributed by atoms with Gasteiger partial charge in [-0.25, -0.2) is 4.79 Å². The van der Waals surface area contributed by atoms with Gasteiger partial charge >= 0.3 is 5.97 Å². The Hall–Kier alpha value is -2.33. The van der Waals surface area contributed by atoms with E-state index in [1.54, 1.807) is 0 Å². The molecule has 1 aromatic heterocycles. The molecule has 1 saturated carbocycles. The van der Waals surface area contributed by atoms with Crippen LogP contribution >= 0.6 is 0 Å². The fraction of sp³-hybridized carbons (Fsp3) is 0.458. The molecule has 0 N–H and O–H groups in total. The molecule has 4 heteroatoms. The van der Waals surface area contributed by atoms with E-state index in [2.05, 4.69) is 53.1 Å². The first-order valence-electron chi connectivity index (χ1n) is 10.6. The molecule has 2 heterocycles. The van der Waals surface area contributed by atoms with Gasteiger partial charge in [0.2, 0.25) is 6.29 Å². The van der Waals surface area contributed by atoms with Crippen molar-refractivity contribution in [1.29, 1.82) is 0 Å². The van der Waals surface area contributed by atoms with Crippen molar-refractivity contribution in [2.45, 2.75) is 63.2 Å². The topological polar surface area (TPSA) is 40.5 Å². The predicted molar refractivity (Wildman–Crippen MR) is 110 cm³/mol. The van der Waals surface area contributed by atoms with Crippen molar-refractivity contribution in [1.82, 2.24) is 4.57 Å². The van der Waals surface area contributed by atoms with Crippen LogP contribution in [0.3, 0.4) is 0 Å². The molecule has 2 aliphatic rings. The molecule has 4 nitrogen and oxygen atoms in total. The minimum absolute atomic E-state index is 0.120. The number of esters is 1. The maximum absolute atomic E-state index is 13.7. The summed E-state index contributed by atoms with van der Waals surface area (Å²) in [4.78, 5) is 13.7. The lowest BCUT2D eigenvalue weighted by Crippen LogP contribution is -2.46. The van der Waals surface area contributed by atoms with Crippen LogP contribution in [0.15, 0.2) is 48.5 Å². The van der Waals surface area contributed by atoms with E-state index in [1.807, 2.05) is 0 Å². The summed E-state index contributed by atoms with van der Waals surface area (Å²) in [5.74, 6) is -0.120. The molecule has 1 atom stereocenters. The van der Waals surface area contributed by atoms with Gasteiger partial charge in [0.1, 0.15) is 5.54 Å². The maximum Gasteiger partial charge on any atom is 0.334 e. The van der Waals surface area contributed by atoms with Crippen LogP contribution in [0, 0.1) is 0 Å². The zero-order valence-corrected chi connectivity index (χ0v) is 16.2. The zero-order valence-electron chi connectivity index (χ0n) is 16.2. The van der Waals surface area contributed by atoms with Crippen molar-refractivity contribution < 1.29 is 14.3 Å². The Morgan fingerprint density at radius 3 is 2.14 bits per heavy atom. The van der Waals surface area contributed by atoms with Gasteiger partial charge in [0.15, 0.2) is 0 Å². The van der Waals surface area contributed by atoms with Crippen LogP contribution in [0.1, 0.15) is 51.4 Å². The molecular formula is C24H27NO3. The molecule has 5 rings (SSSR count). The summed E-state index contributed by atoms with van der Waals surface area (Å²) in [7, 11) is 0. The smallest absolute Gasteiger partial charge is 0.334 e. The van der Waals surface area contributed by atoms with Crippen molar-refractivity contribution in [3.8, 4) is 0 Å². The Bertz CT molecular complexity index is 940. The summed E-state index contributed by atoms with van der Waals surface area (Å²) in [5, 5.41) is 2.40. The molecule has 1 aliphatic heterocycles. The Morgan fingerprint density at radius 1 is 0.893 bits per heavy atom. The Kier molecular flexibility index (Phi) is 4.59. The first-order valence-corrected chi connectivity index (χ1v) is 10.6. The highest BCUT2D eigenvalue weighted by atomic mass is 16.7. The fourth-order valence-electron chi connectivity index (χ4n) is 5.07. The number of rotatable bonds is 3. The number of ether oxygens (including phenoxy) is 2. The molecule has 0 amide bonds. The summed E-state index contributed by atoms with van der Waals surface area (Å²) in [6.07, 6.45) is 7.41. The molecule has 2 aromatic carbocycles. The number of hydrogen-bond donors (Lipinski definition) is 0. The van der Waals surface area contributed by atoms with Crippen LogP contribution in [-0.4, -0.2) is 23.4 Å². The number of aromatic nitrogens is 1. The molecule has 3 aromatic rings. The second kappa shape index (κ2) is 7.25. The van der Waals surface area contributed by atoms with Crippen LogP contribution < -0.4 is 0 Å². The van der Waals surface area contributed by atoms with Crippen LogP contribution in [0.4, 0.5) is 0 Å². The highest BCUT2D eigenvalue weighted by Crippen LogP contribution is 2.43. The minimum Gasteiger partial charge on any atom is -0.434 e. The molecule has 146 valence electrons. The molecule has 1 aliphatic carbocycles. The van der Waals surface area contributed by atoms with Crippen LogP contribution in [-0.2, 0) is 19.8 Å². The van der Waals surface area contributed by atoms with E-state index >= 15 is 0 Å². The van der Waals surface area contributed by atoms with Crippen molar-refractivity contribution >= 4 is 27.8 Å². The van der Waals surface area contributed by atoms with E-state index in [0.29, 0.717) is 6.61 Å². The largest absolute Gasteiger partial charge is 0.434 e. The van der Waals surface area contributed by atoms with Crippen LogP contribution in [0.25, 0.3) is 21.8 Å². The summed E-state index contributed by atoms with van der Waals surface area (Å²) in [6, 6.07) is 16.8. The number of benzene rings is 2. The SMILES string of the molecule is O=C(OC1CCCCO1)C1(n2c3ccccc3c3ccccc32)CCCCC1. The van der Waals surface area contributed by atoms with Crippen molar-refractivity contribution in [3.63, 3.8) is 0 Å². The number of fused-ring (bicyclic) bond motifs is 3. The lowest BCUT2D eigenvalue weighted by atomic mass is 9.81. The Morgan fingerprint density at radius 2 is 1.54 bits per heavy atom. The van der Waals surface area contributed by atoms with Gasteiger partial charge in [0, 0.05) is 17.2 Å². The first-order chi connectivity index (χ1) is 13.8. The molecule has 0 spiro atoms. The van der Waals surface area contributed by atoms with Crippen molar-refractivity contribution in [2.24, 2.45) is 0 Å². The third-order valence-electron chi connectivity index (χ3n) is 6.45. The van der Waals surface area contributed by atoms with Gasteiger partial charge in [0.05, 0.1) is 17.6 Å². The number of carbonyl (C=O) groups is 1. The Labute approximate surface area is 165 Å². The van der Waals surface area contributed by atoms with Crippen LogP contribution in [0.5, 0.6) is 0 Å². The second-order valence-electron chi connectivity index (χ2n) is 8.16. The predicted octanol–water partition coefficient (Wildman–Crippen LogP) is 5.52. The lowest BCUT2D eigenvalue weighted by molar-refractivity contribution is -0.197. The monoisotopic (exact) mass is 377 g/mol. The van der Waals surface area contributed by atoms with Crippen LogP contribution in [0.2, 0.25) is 0 Å². The van der Waals surface area contributed by atoms with E-state index in [9.17, 15) is 4.79 Å². The van der Waals surface area contributed by atoms with Gasteiger partial charge in [-0.2, -0.15) is 0 Å². The second-order valence-corrected chi connectivity index (χ2v) is 8.16. The van der Waals surface area contributed by atoms with Crippen molar-refractivity contribution in [3.05, 3.63) is 48.5 Å². The summed E-state index contributed by atoms with van der Waals surface area (Å²) >= 11 is 0. The molecular weight excluding hydrogens is 350 g/mol. The maximum atomic E-state index is 13.7. The van der Waals surface area contributed by atoms with E-state index in [-0.39, 0.29) is 5.97 Å². The Balaban J connectivity index is 1.66. The van der Waals surface area contributed by atoms with Gasteiger partial charge in [-0.15, -0.1) is 0 Å². The quantitative estimate of drug-likeness (QED) is 0.564. The summed E-state index contributed by atoms with van der Waals surface area (Å²) < 4.78 is 14.0. The van der Waals surface area contributed by atoms with E-state index in [4.69, 9.17) is 9.47 Å². The zero-order chi connectivity index (χ0) is 19.0. The van der Waals surface area contributed by atoms with Gasteiger partial charge < -0.3 is 14.0 Å². The van der Waals surface area contributed by atoms with Gasteiger partial charge in [-0.3, -0.25) is 0 Å². The normalized spacial score (nSPS) is 22.4. The standard InChI is InChI=1S/C24H27NO3/c26-23(28-22-14-6-9-17-27-22)24(15-7-1-8-16-24)25-20-12-4-2-10-18(20)19-11-3-5-13-21(19)25/h2-5,10-13,22H,1,6-9,14-17H2. The lowest BCUT2D eigenvalue weighted by Gasteiger charge is -2.39. The van der Waals surface area contributed by atoms with E-state index in [1.165, 1.54) is 17.2 Å². The van der Waals surface area contributed by atoms with E-state index in [0.717, 1.165) is 56.0 Å². The average Bonchev–Trinajstić information content (AvgIpc) is 3.10. The molecule has 0 bridgehead atoms. The number of carbonyl (C=O) groups excluding carboxylic acids is 1.